The highest BCUT2D eigenvalue weighted by Crippen LogP contribution is 2.42. The molecule has 3 nitrogen and oxygen atoms in total. The summed E-state index contributed by atoms with van der Waals surface area (Å²) in [5, 5.41) is 0.772. The van der Waals surface area contributed by atoms with Crippen molar-refractivity contribution < 1.29 is 9.59 Å². The second kappa shape index (κ2) is 5.05. The van der Waals surface area contributed by atoms with Crippen LogP contribution in [0.2, 0.25) is 10.0 Å². The van der Waals surface area contributed by atoms with Crippen molar-refractivity contribution >= 4 is 40.7 Å². The van der Waals surface area contributed by atoms with Crippen LogP contribution in [0.3, 0.4) is 0 Å². The second-order valence-corrected chi connectivity index (χ2v) is 6.56. The molecule has 2 aliphatic rings. The lowest BCUT2D eigenvalue weighted by Gasteiger charge is -2.25. The van der Waals surface area contributed by atoms with E-state index < -0.39 is 0 Å². The van der Waals surface area contributed by atoms with Gasteiger partial charge in [-0.15, -0.1) is 0 Å². The summed E-state index contributed by atoms with van der Waals surface area (Å²) in [5.74, 6) is -0.00848. The molecule has 1 saturated heterocycles. The van der Waals surface area contributed by atoms with Crippen LogP contribution >= 0.6 is 23.2 Å². The number of carbonyl (C=O) groups is 2. The summed E-state index contributed by atoms with van der Waals surface area (Å²) in [4.78, 5) is 26.3. The van der Waals surface area contributed by atoms with Crippen LogP contribution in [0.4, 0.5) is 5.69 Å². The van der Waals surface area contributed by atoms with Crippen LogP contribution < -0.4 is 4.90 Å². The first-order valence-corrected chi connectivity index (χ1v) is 7.57. The van der Waals surface area contributed by atoms with Crippen molar-refractivity contribution in [2.45, 2.75) is 26.2 Å². The Morgan fingerprint density at radius 1 is 1.05 bits per heavy atom. The van der Waals surface area contributed by atoms with Gasteiger partial charge in [0, 0.05) is 0 Å². The Bertz CT molecular complexity index is 587. The maximum absolute atomic E-state index is 12.5. The smallest absolute Gasteiger partial charge is 0.237 e. The molecule has 1 aliphatic carbocycles. The molecule has 20 heavy (non-hydrogen) atoms. The fourth-order valence-corrected chi connectivity index (χ4v) is 3.56. The van der Waals surface area contributed by atoms with E-state index in [1.165, 1.54) is 4.90 Å². The first-order chi connectivity index (χ1) is 9.49. The molecule has 106 valence electrons. The summed E-state index contributed by atoms with van der Waals surface area (Å²) >= 11 is 11.9. The predicted octanol–water partition coefficient (Wildman–Crippen LogP) is 3.92. The van der Waals surface area contributed by atoms with Crippen LogP contribution in [0.15, 0.2) is 18.2 Å². The SMILES string of the molecule is C[C@H]1CC[C@H]2C(=O)N(c3ccc(Cl)c(Cl)c3)C(=O)[C@@H]2C1. The third-order valence-electron chi connectivity index (χ3n) is 4.35. The average Bonchev–Trinajstić information content (AvgIpc) is 2.65. The molecule has 0 unspecified atom stereocenters. The number of nitrogens with zero attached hydrogens (tertiary/aromatic N) is 1. The van der Waals surface area contributed by atoms with Crippen LogP contribution in [0.1, 0.15) is 26.2 Å². The number of amides is 2. The van der Waals surface area contributed by atoms with Gasteiger partial charge in [-0.2, -0.15) is 0 Å². The molecule has 0 aromatic heterocycles. The van der Waals surface area contributed by atoms with E-state index in [0.717, 1.165) is 19.3 Å². The van der Waals surface area contributed by atoms with Crippen LogP contribution in [0.5, 0.6) is 0 Å². The summed E-state index contributed by atoms with van der Waals surface area (Å²) in [6, 6.07) is 4.87. The van der Waals surface area contributed by atoms with Crippen molar-refractivity contribution in [2.75, 3.05) is 4.90 Å². The van der Waals surface area contributed by atoms with Crippen molar-refractivity contribution in [2.24, 2.45) is 17.8 Å². The Morgan fingerprint density at radius 2 is 1.75 bits per heavy atom. The van der Waals surface area contributed by atoms with Crippen molar-refractivity contribution in [3.8, 4) is 0 Å². The van der Waals surface area contributed by atoms with Crippen molar-refractivity contribution in [1.82, 2.24) is 0 Å². The molecular weight excluding hydrogens is 297 g/mol. The summed E-state index contributed by atoms with van der Waals surface area (Å²) in [6.07, 6.45) is 2.61. The number of fused-ring (bicyclic) bond motifs is 1. The van der Waals surface area contributed by atoms with Gasteiger partial charge < -0.3 is 0 Å². The van der Waals surface area contributed by atoms with E-state index in [1.807, 2.05) is 0 Å². The number of imide groups is 1. The topological polar surface area (TPSA) is 37.4 Å². The van der Waals surface area contributed by atoms with Crippen molar-refractivity contribution in [1.29, 1.82) is 0 Å². The lowest BCUT2D eigenvalue weighted by Crippen LogP contribution is -2.30. The molecule has 1 aromatic carbocycles. The van der Waals surface area contributed by atoms with E-state index in [0.29, 0.717) is 21.7 Å². The molecule has 3 rings (SSSR count). The highest BCUT2D eigenvalue weighted by molar-refractivity contribution is 6.42. The molecule has 0 N–H and O–H groups in total. The van der Waals surface area contributed by atoms with E-state index >= 15 is 0 Å². The highest BCUT2D eigenvalue weighted by Gasteiger charge is 2.49. The molecule has 0 radical (unpaired) electrons. The fourth-order valence-electron chi connectivity index (χ4n) is 3.27. The van der Waals surface area contributed by atoms with Crippen LogP contribution in [-0.2, 0) is 9.59 Å². The standard InChI is InChI=1S/C15H15Cl2NO2/c1-8-2-4-10-11(6-8)15(20)18(14(10)19)9-3-5-12(16)13(17)7-9/h3,5,7-8,10-11H,2,4,6H2,1H3/t8-,10+,11+/m0/s1. The van der Waals surface area contributed by atoms with Crippen LogP contribution in [0, 0.1) is 17.8 Å². The molecule has 0 bridgehead atoms. The van der Waals surface area contributed by atoms with E-state index in [2.05, 4.69) is 6.92 Å². The molecular formula is C15H15Cl2NO2. The first kappa shape index (κ1) is 13.9. The number of halogens is 2. The van der Waals surface area contributed by atoms with E-state index in [-0.39, 0.29) is 23.7 Å². The second-order valence-electron chi connectivity index (χ2n) is 5.74. The summed E-state index contributed by atoms with van der Waals surface area (Å²) in [5.41, 5.74) is 0.524. The maximum atomic E-state index is 12.5. The number of benzene rings is 1. The van der Waals surface area contributed by atoms with E-state index in [9.17, 15) is 9.59 Å². The lowest BCUT2D eigenvalue weighted by atomic mass is 9.76. The zero-order chi connectivity index (χ0) is 14.4. The monoisotopic (exact) mass is 311 g/mol. The first-order valence-electron chi connectivity index (χ1n) is 6.82. The van der Waals surface area contributed by atoms with Crippen molar-refractivity contribution in [3.05, 3.63) is 28.2 Å². The molecule has 0 spiro atoms. The van der Waals surface area contributed by atoms with Gasteiger partial charge in [-0.05, 0) is 43.4 Å². The molecule has 2 fully saturated rings. The minimum atomic E-state index is -0.166. The Labute approximate surface area is 127 Å². The molecule has 1 aliphatic heterocycles. The third kappa shape index (κ3) is 2.13. The van der Waals surface area contributed by atoms with Gasteiger partial charge in [0.05, 0.1) is 27.6 Å². The van der Waals surface area contributed by atoms with Crippen LogP contribution in [-0.4, -0.2) is 11.8 Å². The third-order valence-corrected chi connectivity index (χ3v) is 5.09. The number of carbonyl (C=O) groups excluding carboxylic acids is 2. The molecule has 5 heteroatoms. The zero-order valence-electron chi connectivity index (χ0n) is 11.1. The molecule has 3 atom stereocenters. The number of hydrogen-bond acceptors (Lipinski definition) is 2. The average molecular weight is 312 g/mol. The minimum absolute atomic E-state index is 0.0923. The summed E-state index contributed by atoms with van der Waals surface area (Å²) < 4.78 is 0. The van der Waals surface area contributed by atoms with Gasteiger partial charge in [0.15, 0.2) is 0 Å². The largest absolute Gasteiger partial charge is 0.274 e. The molecule has 1 aromatic rings. The summed E-state index contributed by atoms with van der Waals surface area (Å²) in [7, 11) is 0. The number of anilines is 1. The number of rotatable bonds is 1. The highest BCUT2D eigenvalue weighted by atomic mass is 35.5. The Hall–Kier alpha value is -1.06. The zero-order valence-corrected chi connectivity index (χ0v) is 12.6. The number of hydrogen-bond donors (Lipinski definition) is 0. The van der Waals surface area contributed by atoms with Gasteiger partial charge in [-0.3, -0.25) is 14.5 Å². The van der Waals surface area contributed by atoms with Gasteiger partial charge in [0.25, 0.3) is 0 Å². The Kier molecular flexibility index (Phi) is 3.51. The van der Waals surface area contributed by atoms with Gasteiger partial charge in [0.2, 0.25) is 11.8 Å². The molecule has 1 heterocycles. The quantitative estimate of drug-likeness (QED) is 0.737. The van der Waals surface area contributed by atoms with E-state index in [1.54, 1.807) is 18.2 Å². The maximum Gasteiger partial charge on any atom is 0.237 e. The Morgan fingerprint density at radius 3 is 2.45 bits per heavy atom. The van der Waals surface area contributed by atoms with Gasteiger partial charge in [-0.25, -0.2) is 0 Å². The molecule has 2 amide bonds. The van der Waals surface area contributed by atoms with E-state index in [4.69, 9.17) is 23.2 Å². The predicted molar refractivity (Wildman–Crippen MR) is 79.0 cm³/mol. The Balaban J connectivity index is 1.96. The van der Waals surface area contributed by atoms with Gasteiger partial charge >= 0.3 is 0 Å². The summed E-state index contributed by atoms with van der Waals surface area (Å²) in [6.45, 7) is 2.13. The van der Waals surface area contributed by atoms with Crippen LogP contribution in [0.25, 0.3) is 0 Å². The van der Waals surface area contributed by atoms with Gasteiger partial charge in [-0.1, -0.05) is 30.1 Å². The minimum Gasteiger partial charge on any atom is -0.274 e. The lowest BCUT2D eigenvalue weighted by molar-refractivity contribution is -0.122. The molecule has 1 saturated carbocycles. The van der Waals surface area contributed by atoms with Crippen molar-refractivity contribution in [3.63, 3.8) is 0 Å². The van der Waals surface area contributed by atoms with Gasteiger partial charge in [0.1, 0.15) is 0 Å². The fraction of sp³-hybridized carbons (Fsp3) is 0.467. The normalized spacial score (nSPS) is 29.8.